The molecule has 1 saturated heterocycles. The molecule has 2 fully saturated rings. The number of rotatable bonds is 0. The maximum atomic E-state index is 12.6. The van der Waals surface area contributed by atoms with Crippen LogP contribution >= 0.6 is 0 Å². The van der Waals surface area contributed by atoms with Crippen molar-refractivity contribution in [2.24, 2.45) is 0 Å². The minimum absolute atomic E-state index is 0.00505. The van der Waals surface area contributed by atoms with Crippen molar-refractivity contribution in [3.8, 4) is 11.5 Å². The summed E-state index contributed by atoms with van der Waals surface area (Å²) in [6.07, 6.45) is -0.970. The minimum Gasteiger partial charge on any atom is -0.504 e. The molecule has 1 aromatic carbocycles. The molecule has 2 aliphatic carbocycles. The number of benzene rings is 1. The fourth-order valence-corrected chi connectivity index (χ4v) is 5.58. The normalized spacial score (nSPS) is 44.0. The van der Waals surface area contributed by atoms with Crippen LogP contribution in [-0.2, 0) is 16.6 Å². The van der Waals surface area contributed by atoms with E-state index in [0.29, 0.717) is 25.1 Å². The predicted octanol–water partition coefficient (Wildman–Crippen LogP) is -0.284. The number of piperidine rings is 1. The molecule has 2 bridgehead atoms. The van der Waals surface area contributed by atoms with Gasteiger partial charge in [0.15, 0.2) is 23.4 Å². The predicted molar refractivity (Wildman–Crippen MR) is 79.5 cm³/mol. The summed E-state index contributed by atoms with van der Waals surface area (Å²) in [5, 5.41) is 32.5. The third kappa shape index (κ3) is 1.24. The van der Waals surface area contributed by atoms with Crippen LogP contribution in [0.25, 0.3) is 0 Å². The first-order valence-corrected chi connectivity index (χ1v) is 8.06. The summed E-state index contributed by atoms with van der Waals surface area (Å²) in [5.74, 6) is 0.111. The fraction of sp³-hybridized carbons (Fsp3) is 0.588. The number of Topliss-reactive ketones (excluding diaryl/α,β-unsaturated/α-hetero) is 1. The van der Waals surface area contributed by atoms with E-state index in [0.717, 1.165) is 11.1 Å². The standard InChI is InChI=1S/C17H19NO5/c1-18-5-4-16-13-8-2-3-9(19)14(13)23-15(16)10(20)7-12(21)17(16,22)11(18)6-8/h2-3,11-12,15,19,21-22H,4-7H2,1H3. The van der Waals surface area contributed by atoms with E-state index in [1.165, 1.54) is 0 Å². The van der Waals surface area contributed by atoms with Crippen LogP contribution in [0.15, 0.2) is 12.1 Å². The largest absolute Gasteiger partial charge is 0.504 e. The highest BCUT2D eigenvalue weighted by Crippen LogP contribution is 2.64. The lowest BCUT2D eigenvalue weighted by Gasteiger charge is -2.63. The molecule has 5 unspecified atom stereocenters. The number of likely N-dealkylation sites (tertiary alicyclic amines) is 1. The number of carbonyl (C=O) groups excluding carboxylic acids is 1. The van der Waals surface area contributed by atoms with Crippen LogP contribution in [0.1, 0.15) is 24.0 Å². The molecular weight excluding hydrogens is 298 g/mol. The molecule has 4 aliphatic rings. The molecule has 6 nitrogen and oxygen atoms in total. The van der Waals surface area contributed by atoms with Gasteiger partial charge in [-0.15, -0.1) is 0 Å². The van der Waals surface area contributed by atoms with Crippen molar-refractivity contribution in [3.63, 3.8) is 0 Å². The van der Waals surface area contributed by atoms with E-state index in [2.05, 4.69) is 4.90 Å². The highest BCUT2D eigenvalue weighted by molar-refractivity contribution is 5.90. The molecule has 0 aromatic heterocycles. The average molecular weight is 317 g/mol. The second-order valence-electron chi connectivity index (χ2n) is 7.38. The zero-order chi connectivity index (χ0) is 16.1. The summed E-state index contributed by atoms with van der Waals surface area (Å²) in [5.41, 5.74) is -0.671. The van der Waals surface area contributed by atoms with Gasteiger partial charge in [0.05, 0.1) is 11.5 Å². The first kappa shape index (κ1) is 13.8. The summed E-state index contributed by atoms with van der Waals surface area (Å²) >= 11 is 0. The lowest BCUT2D eigenvalue weighted by atomic mass is 9.48. The monoisotopic (exact) mass is 317 g/mol. The molecular formula is C17H19NO5. The van der Waals surface area contributed by atoms with E-state index in [1.54, 1.807) is 6.07 Å². The minimum atomic E-state index is -1.44. The first-order valence-electron chi connectivity index (χ1n) is 8.06. The van der Waals surface area contributed by atoms with Crippen LogP contribution in [0, 0.1) is 0 Å². The maximum absolute atomic E-state index is 12.6. The van der Waals surface area contributed by atoms with Crippen LogP contribution in [0.4, 0.5) is 0 Å². The molecule has 1 aromatic rings. The van der Waals surface area contributed by atoms with Gasteiger partial charge >= 0.3 is 0 Å². The van der Waals surface area contributed by atoms with Crippen molar-refractivity contribution < 1.29 is 24.9 Å². The summed E-state index contributed by atoms with van der Waals surface area (Å²) in [4.78, 5) is 14.6. The number of ether oxygens (including phenoxy) is 1. The van der Waals surface area contributed by atoms with E-state index in [-0.39, 0.29) is 24.0 Å². The molecule has 122 valence electrons. The number of nitrogens with zero attached hydrogens (tertiary/aromatic N) is 1. The Labute approximate surface area is 133 Å². The Kier molecular flexibility index (Phi) is 2.33. The van der Waals surface area contributed by atoms with E-state index in [9.17, 15) is 20.1 Å². The van der Waals surface area contributed by atoms with Crippen LogP contribution in [0.5, 0.6) is 11.5 Å². The third-order valence-electron chi connectivity index (χ3n) is 6.57. The van der Waals surface area contributed by atoms with Gasteiger partial charge in [-0.25, -0.2) is 0 Å². The van der Waals surface area contributed by atoms with Crippen molar-refractivity contribution in [3.05, 3.63) is 23.3 Å². The van der Waals surface area contributed by atoms with Crippen LogP contribution < -0.4 is 4.74 Å². The zero-order valence-corrected chi connectivity index (χ0v) is 12.8. The molecule has 0 radical (unpaired) electrons. The second-order valence-corrected chi connectivity index (χ2v) is 7.38. The number of hydrogen-bond donors (Lipinski definition) is 3. The van der Waals surface area contributed by atoms with Crippen LogP contribution in [-0.4, -0.2) is 63.4 Å². The Morgan fingerprint density at radius 3 is 2.91 bits per heavy atom. The first-order chi connectivity index (χ1) is 10.9. The van der Waals surface area contributed by atoms with Crippen molar-refractivity contribution in [2.45, 2.75) is 48.5 Å². The summed E-state index contributed by atoms with van der Waals surface area (Å²) in [6, 6.07) is 3.16. The van der Waals surface area contributed by atoms with E-state index < -0.39 is 23.2 Å². The Morgan fingerprint density at radius 2 is 2.13 bits per heavy atom. The summed E-state index contributed by atoms with van der Waals surface area (Å²) in [7, 11) is 1.94. The highest BCUT2D eigenvalue weighted by atomic mass is 16.5. The van der Waals surface area contributed by atoms with Gasteiger partial charge in [-0.1, -0.05) is 6.07 Å². The molecule has 5 rings (SSSR count). The number of aromatic hydroxyl groups is 1. The van der Waals surface area contributed by atoms with Crippen molar-refractivity contribution in [2.75, 3.05) is 13.6 Å². The number of aliphatic hydroxyl groups is 2. The number of likely N-dealkylation sites (N-methyl/N-ethyl adjacent to an activating group) is 1. The Hall–Kier alpha value is -1.63. The molecule has 3 N–H and O–H groups in total. The Bertz CT molecular complexity index is 749. The Balaban J connectivity index is 1.89. The average Bonchev–Trinajstić information content (AvgIpc) is 2.86. The van der Waals surface area contributed by atoms with Gasteiger partial charge in [-0.2, -0.15) is 0 Å². The second kappa shape index (κ2) is 3.88. The van der Waals surface area contributed by atoms with Gasteiger partial charge in [0.2, 0.25) is 0 Å². The number of phenols is 1. The smallest absolute Gasteiger partial charge is 0.177 e. The number of hydrogen-bond acceptors (Lipinski definition) is 6. The van der Waals surface area contributed by atoms with Gasteiger partial charge in [-0.3, -0.25) is 4.79 Å². The number of carbonyl (C=O) groups is 1. The topological polar surface area (TPSA) is 90.2 Å². The van der Waals surface area contributed by atoms with Gasteiger partial charge in [0, 0.05) is 18.0 Å². The SMILES string of the molecule is CN1CCC23c4c5ccc(O)c4OC2C(=O)CC(O)C3(O)C1C5. The van der Waals surface area contributed by atoms with Gasteiger partial charge in [-0.05, 0) is 38.1 Å². The molecule has 2 aliphatic heterocycles. The lowest BCUT2D eigenvalue weighted by molar-refractivity contribution is -0.226. The fourth-order valence-electron chi connectivity index (χ4n) is 5.58. The summed E-state index contributed by atoms with van der Waals surface area (Å²) < 4.78 is 5.88. The number of ketones is 1. The van der Waals surface area contributed by atoms with Crippen LogP contribution in [0.3, 0.4) is 0 Å². The van der Waals surface area contributed by atoms with Gasteiger partial charge in [0.25, 0.3) is 0 Å². The molecule has 0 amide bonds. The van der Waals surface area contributed by atoms with E-state index >= 15 is 0 Å². The molecule has 1 saturated carbocycles. The number of phenolic OH excluding ortho intramolecular Hbond substituents is 1. The van der Waals surface area contributed by atoms with E-state index in [1.807, 2.05) is 13.1 Å². The molecule has 2 heterocycles. The van der Waals surface area contributed by atoms with Gasteiger partial charge in [0.1, 0.15) is 5.60 Å². The zero-order valence-electron chi connectivity index (χ0n) is 12.8. The molecule has 1 spiro atoms. The molecule has 23 heavy (non-hydrogen) atoms. The molecule has 6 heteroatoms. The maximum Gasteiger partial charge on any atom is 0.177 e. The quantitative estimate of drug-likeness (QED) is 0.609. The summed E-state index contributed by atoms with van der Waals surface area (Å²) in [6.45, 7) is 0.710. The van der Waals surface area contributed by atoms with Crippen molar-refractivity contribution >= 4 is 5.78 Å². The van der Waals surface area contributed by atoms with Crippen molar-refractivity contribution in [1.82, 2.24) is 4.90 Å². The van der Waals surface area contributed by atoms with E-state index in [4.69, 9.17) is 4.74 Å². The Morgan fingerprint density at radius 1 is 1.35 bits per heavy atom. The van der Waals surface area contributed by atoms with Crippen LogP contribution in [0.2, 0.25) is 0 Å². The molecule has 5 atom stereocenters. The van der Waals surface area contributed by atoms with Crippen molar-refractivity contribution in [1.29, 1.82) is 0 Å². The third-order valence-corrected chi connectivity index (χ3v) is 6.57. The highest BCUT2D eigenvalue weighted by Gasteiger charge is 2.75. The number of aliphatic hydroxyl groups excluding tert-OH is 1. The van der Waals surface area contributed by atoms with Gasteiger partial charge < -0.3 is 25.0 Å². The lowest BCUT2D eigenvalue weighted by Crippen LogP contribution is -2.80.